The van der Waals surface area contributed by atoms with Crippen molar-refractivity contribution < 1.29 is 25.8 Å². The van der Waals surface area contributed by atoms with Crippen LogP contribution in [-0.4, -0.2) is 13.9 Å². The lowest BCUT2D eigenvalue weighted by Gasteiger charge is -2.16. The zero-order chi connectivity index (χ0) is 13.1. The molecular weight excluding hydrogens is 257 g/mol. The van der Waals surface area contributed by atoms with E-state index in [4.69, 9.17) is 6.42 Å². The van der Waals surface area contributed by atoms with E-state index in [1.807, 2.05) is 5.92 Å². The van der Waals surface area contributed by atoms with E-state index in [1.54, 1.807) is 0 Å². The standard InChI is InChI=1S/C10H11F3O3S/c1-2-9(8-6-4-3-5-7-8)16-17(14,15)10(11,12)13/h1H,3-7H2. The third-order valence-corrected chi connectivity index (χ3v) is 3.34. The van der Waals surface area contributed by atoms with Crippen molar-refractivity contribution in [3.8, 4) is 12.3 Å². The number of allylic oxidation sites excluding steroid dienone is 2. The molecule has 0 N–H and O–H groups in total. The average Bonchev–Trinajstić information content (AvgIpc) is 2.25. The lowest BCUT2D eigenvalue weighted by Crippen LogP contribution is -2.25. The van der Waals surface area contributed by atoms with Crippen molar-refractivity contribution >= 4 is 10.1 Å². The van der Waals surface area contributed by atoms with Gasteiger partial charge in [-0.25, -0.2) is 0 Å². The first-order chi connectivity index (χ1) is 7.78. The highest BCUT2D eigenvalue weighted by Crippen LogP contribution is 2.31. The fourth-order valence-corrected chi connectivity index (χ4v) is 2.03. The van der Waals surface area contributed by atoms with Gasteiger partial charge in [0, 0.05) is 0 Å². The van der Waals surface area contributed by atoms with E-state index in [9.17, 15) is 21.6 Å². The molecule has 7 heteroatoms. The second-order valence-corrected chi connectivity index (χ2v) is 5.16. The first kappa shape index (κ1) is 13.9. The molecule has 0 aromatic carbocycles. The van der Waals surface area contributed by atoms with Crippen molar-refractivity contribution in [2.45, 2.75) is 37.6 Å². The Labute approximate surface area is 97.8 Å². The summed E-state index contributed by atoms with van der Waals surface area (Å²) in [6.45, 7) is 0. The number of hydrogen-bond acceptors (Lipinski definition) is 3. The SMILES string of the molecule is C#CC(OS(=O)(=O)C(F)(F)F)=C1CCCCC1. The van der Waals surface area contributed by atoms with Gasteiger partial charge in [-0.3, -0.25) is 0 Å². The maximum absolute atomic E-state index is 12.1. The largest absolute Gasteiger partial charge is 0.534 e. The smallest absolute Gasteiger partial charge is 0.367 e. The van der Waals surface area contributed by atoms with Crippen molar-refractivity contribution in [2.75, 3.05) is 0 Å². The maximum atomic E-state index is 12.1. The van der Waals surface area contributed by atoms with Crippen LogP contribution in [0, 0.1) is 12.3 Å². The Morgan fingerprint density at radius 2 is 1.76 bits per heavy atom. The molecule has 0 bridgehead atoms. The molecule has 0 radical (unpaired) electrons. The van der Waals surface area contributed by atoms with E-state index < -0.39 is 21.4 Å². The van der Waals surface area contributed by atoms with E-state index >= 15 is 0 Å². The minimum Gasteiger partial charge on any atom is -0.367 e. The zero-order valence-corrected chi connectivity index (χ0v) is 9.70. The highest BCUT2D eigenvalue weighted by molar-refractivity contribution is 7.87. The lowest BCUT2D eigenvalue weighted by molar-refractivity contribution is -0.0519. The summed E-state index contributed by atoms with van der Waals surface area (Å²) in [4.78, 5) is 0. The van der Waals surface area contributed by atoms with Crippen LogP contribution in [0.25, 0.3) is 0 Å². The molecule has 0 spiro atoms. The predicted molar refractivity (Wildman–Crippen MR) is 55.0 cm³/mol. The van der Waals surface area contributed by atoms with Gasteiger partial charge in [-0.1, -0.05) is 6.42 Å². The number of hydrogen-bond donors (Lipinski definition) is 0. The number of alkyl halides is 3. The summed E-state index contributed by atoms with van der Waals surface area (Å²) in [7, 11) is -5.66. The molecule has 1 rings (SSSR count). The van der Waals surface area contributed by atoms with Crippen LogP contribution in [0.3, 0.4) is 0 Å². The summed E-state index contributed by atoms with van der Waals surface area (Å²) < 4.78 is 61.8. The third kappa shape index (κ3) is 3.40. The quantitative estimate of drug-likeness (QED) is 0.335. The summed E-state index contributed by atoms with van der Waals surface area (Å²) in [6, 6.07) is 0. The zero-order valence-electron chi connectivity index (χ0n) is 8.88. The van der Waals surface area contributed by atoms with Gasteiger partial charge in [0.1, 0.15) is 0 Å². The van der Waals surface area contributed by atoms with Crippen LogP contribution in [0.1, 0.15) is 32.1 Å². The average molecular weight is 268 g/mol. The van der Waals surface area contributed by atoms with Crippen molar-refractivity contribution in [1.29, 1.82) is 0 Å². The summed E-state index contributed by atoms with van der Waals surface area (Å²) in [5.74, 6) is 1.37. The first-order valence-electron chi connectivity index (χ1n) is 4.97. The number of halogens is 3. The Balaban J connectivity index is 2.96. The minimum atomic E-state index is -5.66. The van der Waals surface area contributed by atoms with Crippen LogP contribution >= 0.6 is 0 Å². The van der Waals surface area contributed by atoms with Crippen molar-refractivity contribution in [3.05, 3.63) is 11.3 Å². The van der Waals surface area contributed by atoms with Crippen LogP contribution in [-0.2, 0) is 14.3 Å². The molecular formula is C10H11F3O3S. The lowest BCUT2D eigenvalue weighted by atomic mass is 9.94. The van der Waals surface area contributed by atoms with Crippen LogP contribution in [0.4, 0.5) is 13.2 Å². The fourth-order valence-electron chi connectivity index (χ4n) is 1.55. The molecule has 0 aliphatic heterocycles. The van der Waals surface area contributed by atoms with Gasteiger partial charge in [0.05, 0.1) is 0 Å². The first-order valence-corrected chi connectivity index (χ1v) is 6.38. The van der Waals surface area contributed by atoms with Gasteiger partial charge >= 0.3 is 15.6 Å². The molecule has 17 heavy (non-hydrogen) atoms. The second kappa shape index (κ2) is 5.00. The normalized spacial score (nSPS) is 17.4. The van der Waals surface area contributed by atoms with E-state index in [-0.39, 0.29) is 0 Å². The van der Waals surface area contributed by atoms with Crippen LogP contribution in [0.15, 0.2) is 11.3 Å². The van der Waals surface area contributed by atoms with Crippen molar-refractivity contribution in [3.63, 3.8) is 0 Å². The molecule has 0 saturated heterocycles. The summed E-state index contributed by atoms with van der Waals surface area (Å²) in [5, 5.41) is 0. The molecule has 0 unspecified atom stereocenters. The maximum Gasteiger partial charge on any atom is 0.534 e. The number of rotatable bonds is 2. The summed E-state index contributed by atoms with van der Waals surface area (Å²) >= 11 is 0. The Morgan fingerprint density at radius 3 is 2.18 bits per heavy atom. The third-order valence-electron chi connectivity index (χ3n) is 2.39. The highest BCUT2D eigenvalue weighted by atomic mass is 32.2. The Bertz CT molecular complexity index is 446. The highest BCUT2D eigenvalue weighted by Gasteiger charge is 2.49. The number of terminal acetylenes is 1. The fraction of sp³-hybridized carbons (Fsp3) is 0.600. The topological polar surface area (TPSA) is 43.4 Å². The molecule has 96 valence electrons. The summed E-state index contributed by atoms with van der Waals surface area (Å²) in [5.41, 5.74) is -4.99. The predicted octanol–water partition coefficient (Wildman–Crippen LogP) is 2.70. The van der Waals surface area contributed by atoms with Crippen molar-refractivity contribution in [2.24, 2.45) is 0 Å². The molecule has 0 aromatic rings. The Kier molecular flexibility index (Phi) is 4.09. The minimum absolute atomic E-state index is 0.464. The van der Waals surface area contributed by atoms with Gasteiger partial charge in [0.15, 0.2) is 5.76 Å². The van der Waals surface area contributed by atoms with Gasteiger partial charge in [-0.05, 0) is 37.2 Å². The van der Waals surface area contributed by atoms with Gasteiger partial charge in [-0.2, -0.15) is 21.6 Å². The molecule has 1 saturated carbocycles. The monoisotopic (exact) mass is 268 g/mol. The molecule has 1 fully saturated rings. The molecule has 1 aliphatic carbocycles. The van der Waals surface area contributed by atoms with Crippen molar-refractivity contribution in [1.82, 2.24) is 0 Å². The van der Waals surface area contributed by atoms with E-state index in [1.165, 1.54) is 0 Å². The molecule has 3 nitrogen and oxygen atoms in total. The van der Waals surface area contributed by atoms with E-state index in [0.717, 1.165) is 19.3 Å². The van der Waals surface area contributed by atoms with Gasteiger partial charge in [0.2, 0.25) is 0 Å². The molecule has 0 heterocycles. The van der Waals surface area contributed by atoms with E-state index in [0.29, 0.717) is 18.4 Å². The molecule has 0 aromatic heterocycles. The second-order valence-electron chi connectivity index (χ2n) is 3.62. The van der Waals surface area contributed by atoms with E-state index in [2.05, 4.69) is 4.18 Å². The molecule has 1 aliphatic rings. The Hall–Kier alpha value is -1.16. The van der Waals surface area contributed by atoms with Crippen LogP contribution in [0.5, 0.6) is 0 Å². The summed E-state index contributed by atoms with van der Waals surface area (Å²) in [6.07, 6.45) is 8.45. The van der Waals surface area contributed by atoms with Crippen LogP contribution in [0.2, 0.25) is 0 Å². The van der Waals surface area contributed by atoms with Gasteiger partial charge in [-0.15, -0.1) is 6.42 Å². The van der Waals surface area contributed by atoms with Gasteiger partial charge in [0.25, 0.3) is 0 Å². The molecule has 0 atom stereocenters. The van der Waals surface area contributed by atoms with Crippen LogP contribution < -0.4 is 0 Å². The van der Waals surface area contributed by atoms with Gasteiger partial charge < -0.3 is 4.18 Å². The Morgan fingerprint density at radius 1 is 1.24 bits per heavy atom. The molecule has 0 amide bonds.